The summed E-state index contributed by atoms with van der Waals surface area (Å²) < 4.78 is 40.5. The number of hydrogen-bond acceptors (Lipinski definition) is 3. The molecule has 0 aliphatic carbocycles. The standard InChI is InChI=1S/C20H22F3NO2/c21-20(22,23)26-18-8-6-15(7-9-18)14-24-12-10-17(11-13-24)19(25)16-4-2-1-3-5-16/h1-9,17,19,25H,10-14H2. The summed E-state index contributed by atoms with van der Waals surface area (Å²) in [5, 5.41) is 10.5. The molecular weight excluding hydrogens is 343 g/mol. The van der Waals surface area contributed by atoms with Crippen LogP contribution in [0.25, 0.3) is 0 Å². The first-order valence-electron chi connectivity index (χ1n) is 8.71. The molecule has 2 aromatic rings. The molecule has 1 aliphatic heterocycles. The first-order chi connectivity index (χ1) is 12.4. The fourth-order valence-electron chi connectivity index (χ4n) is 3.40. The quantitative estimate of drug-likeness (QED) is 0.845. The molecule has 3 rings (SSSR count). The van der Waals surface area contributed by atoms with E-state index in [1.165, 1.54) is 12.1 Å². The fourth-order valence-corrected chi connectivity index (χ4v) is 3.40. The average Bonchev–Trinajstić information content (AvgIpc) is 2.63. The van der Waals surface area contributed by atoms with Gasteiger partial charge >= 0.3 is 6.36 Å². The predicted octanol–water partition coefficient (Wildman–Crippen LogP) is 4.53. The first-order valence-corrected chi connectivity index (χ1v) is 8.71. The van der Waals surface area contributed by atoms with Gasteiger partial charge in [-0.2, -0.15) is 0 Å². The number of likely N-dealkylation sites (tertiary alicyclic amines) is 1. The van der Waals surface area contributed by atoms with Crippen molar-refractivity contribution in [1.29, 1.82) is 0 Å². The molecule has 1 N–H and O–H groups in total. The second-order valence-electron chi connectivity index (χ2n) is 6.66. The van der Waals surface area contributed by atoms with Crippen LogP contribution in [-0.4, -0.2) is 29.5 Å². The smallest absolute Gasteiger partial charge is 0.406 e. The van der Waals surface area contributed by atoms with E-state index in [2.05, 4.69) is 9.64 Å². The van der Waals surface area contributed by atoms with E-state index in [4.69, 9.17) is 0 Å². The highest BCUT2D eigenvalue weighted by Crippen LogP contribution is 2.31. The molecule has 0 amide bonds. The SMILES string of the molecule is OC(c1ccccc1)C1CCN(Cc2ccc(OC(F)(F)F)cc2)CC1. The Morgan fingerprint density at radius 2 is 1.62 bits per heavy atom. The molecule has 1 aliphatic rings. The summed E-state index contributed by atoms with van der Waals surface area (Å²) in [5.74, 6) is 0.0298. The van der Waals surface area contributed by atoms with Crippen LogP contribution in [-0.2, 0) is 6.54 Å². The van der Waals surface area contributed by atoms with Crippen molar-refractivity contribution in [2.45, 2.75) is 31.9 Å². The number of benzene rings is 2. The van der Waals surface area contributed by atoms with Crippen molar-refractivity contribution in [2.24, 2.45) is 5.92 Å². The van der Waals surface area contributed by atoms with Gasteiger partial charge in [0, 0.05) is 6.54 Å². The summed E-state index contributed by atoms with van der Waals surface area (Å²) in [7, 11) is 0. The molecule has 26 heavy (non-hydrogen) atoms. The molecule has 0 radical (unpaired) electrons. The lowest BCUT2D eigenvalue weighted by atomic mass is 9.87. The van der Waals surface area contributed by atoms with Gasteiger partial charge in [0.15, 0.2) is 0 Å². The first kappa shape index (κ1) is 18.7. The number of ether oxygens (including phenoxy) is 1. The third-order valence-electron chi connectivity index (χ3n) is 4.78. The van der Waals surface area contributed by atoms with Crippen molar-refractivity contribution >= 4 is 0 Å². The van der Waals surface area contributed by atoms with Gasteiger partial charge in [-0.05, 0) is 55.1 Å². The number of rotatable bonds is 5. The highest BCUT2D eigenvalue weighted by molar-refractivity contribution is 5.27. The Hall–Kier alpha value is -2.05. The minimum absolute atomic E-state index is 0.203. The number of aliphatic hydroxyl groups is 1. The number of hydrogen-bond donors (Lipinski definition) is 1. The molecule has 6 heteroatoms. The molecule has 0 bridgehead atoms. The molecule has 0 aromatic heterocycles. The van der Waals surface area contributed by atoms with E-state index in [-0.39, 0.29) is 11.7 Å². The van der Waals surface area contributed by atoms with Gasteiger partial charge in [-0.15, -0.1) is 13.2 Å². The van der Waals surface area contributed by atoms with Crippen LogP contribution in [0.5, 0.6) is 5.75 Å². The van der Waals surface area contributed by atoms with Gasteiger partial charge in [-0.25, -0.2) is 0 Å². The van der Waals surface area contributed by atoms with E-state index in [0.717, 1.165) is 37.1 Å². The number of halogens is 3. The maximum atomic E-state index is 12.2. The Labute approximate surface area is 151 Å². The lowest BCUT2D eigenvalue weighted by Gasteiger charge is -2.34. The van der Waals surface area contributed by atoms with Gasteiger partial charge < -0.3 is 9.84 Å². The molecular formula is C20H22F3NO2. The van der Waals surface area contributed by atoms with Crippen LogP contribution in [0.3, 0.4) is 0 Å². The molecule has 1 atom stereocenters. The Kier molecular flexibility index (Phi) is 5.84. The summed E-state index contributed by atoms with van der Waals surface area (Å²) in [6.45, 7) is 2.39. The van der Waals surface area contributed by atoms with Crippen LogP contribution >= 0.6 is 0 Å². The lowest BCUT2D eigenvalue weighted by molar-refractivity contribution is -0.274. The summed E-state index contributed by atoms with van der Waals surface area (Å²) in [6, 6.07) is 15.7. The zero-order valence-electron chi connectivity index (χ0n) is 14.3. The second-order valence-corrected chi connectivity index (χ2v) is 6.66. The van der Waals surface area contributed by atoms with Gasteiger partial charge in [0.25, 0.3) is 0 Å². The van der Waals surface area contributed by atoms with E-state index in [1.807, 2.05) is 30.3 Å². The maximum absolute atomic E-state index is 12.2. The van der Waals surface area contributed by atoms with Crippen molar-refractivity contribution in [3.05, 3.63) is 65.7 Å². The van der Waals surface area contributed by atoms with Crippen molar-refractivity contribution in [2.75, 3.05) is 13.1 Å². The average molecular weight is 365 g/mol. The van der Waals surface area contributed by atoms with E-state index in [9.17, 15) is 18.3 Å². The molecule has 1 fully saturated rings. The van der Waals surface area contributed by atoms with E-state index in [1.54, 1.807) is 12.1 Å². The van der Waals surface area contributed by atoms with Gasteiger partial charge in [-0.3, -0.25) is 4.90 Å². The molecule has 1 unspecified atom stereocenters. The molecule has 1 saturated heterocycles. The summed E-state index contributed by atoms with van der Waals surface area (Å²) in [4.78, 5) is 2.26. The van der Waals surface area contributed by atoms with Crippen LogP contribution in [0.4, 0.5) is 13.2 Å². The van der Waals surface area contributed by atoms with Crippen molar-refractivity contribution in [3.8, 4) is 5.75 Å². The van der Waals surface area contributed by atoms with Gasteiger partial charge in [0.05, 0.1) is 6.10 Å². The number of nitrogens with zero attached hydrogens (tertiary/aromatic N) is 1. The third-order valence-corrected chi connectivity index (χ3v) is 4.78. The minimum Gasteiger partial charge on any atom is -0.406 e. The van der Waals surface area contributed by atoms with Crippen molar-refractivity contribution < 1.29 is 23.0 Å². The van der Waals surface area contributed by atoms with Crippen LogP contribution in [0, 0.1) is 5.92 Å². The second kappa shape index (κ2) is 8.10. The third kappa shape index (κ3) is 5.22. The van der Waals surface area contributed by atoms with Gasteiger partial charge in [0.1, 0.15) is 5.75 Å². The molecule has 3 nitrogen and oxygen atoms in total. The Morgan fingerprint density at radius 3 is 2.19 bits per heavy atom. The van der Waals surface area contributed by atoms with Crippen LogP contribution in [0.1, 0.15) is 30.1 Å². The molecule has 140 valence electrons. The minimum atomic E-state index is -4.66. The maximum Gasteiger partial charge on any atom is 0.573 e. The molecule has 0 saturated carbocycles. The Morgan fingerprint density at radius 1 is 1.00 bits per heavy atom. The van der Waals surface area contributed by atoms with E-state index < -0.39 is 12.5 Å². The topological polar surface area (TPSA) is 32.7 Å². The highest BCUT2D eigenvalue weighted by Gasteiger charge is 2.31. The number of aliphatic hydroxyl groups excluding tert-OH is 1. The summed E-state index contributed by atoms with van der Waals surface area (Å²) in [6.07, 6.45) is -3.32. The van der Waals surface area contributed by atoms with Crippen molar-refractivity contribution in [1.82, 2.24) is 4.90 Å². The summed E-state index contributed by atoms with van der Waals surface area (Å²) in [5.41, 5.74) is 1.90. The normalized spacial score (nSPS) is 17.8. The van der Waals surface area contributed by atoms with Crippen molar-refractivity contribution in [3.63, 3.8) is 0 Å². The lowest BCUT2D eigenvalue weighted by Crippen LogP contribution is -2.35. The monoisotopic (exact) mass is 365 g/mol. The van der Waals surface area contributed by atoms with Crippen LogP contribution in [0.2, 0.25) is 0 Å². The van der Waals surface area contributed by atoms with Crippen LogP contribution < -0.4 is 4.74 Å². The molecule has 2 aromatic carbocycles. The van der Waals surface area contributed by atoms with E-state index >= 15 is 0 Å². The number of piperidine rings is 1. The van der Waals surface area contributed by atoms with E-state index in [0.29, 0.717) is 6.54 Å². The highest BCUT2D eigenvalue weighted by atomic mass is 19.4. The number of alkyl halides is 3. The zero-order valence-corrected chi connectivity index (χ0v) is 14.3. The van der Waals surface area contributed by atoms with Crippen LogP contribution in [0.15, 0.2) is 54.6 Å². The zero-order chi connectivity index (χ0) is 18.6. The van der Waals surface area contributed by atoms with Gasteiger partial charge in [0.2, 0.25) is 0 Å². The fraction of sp³-hybridized carbons (Fsp3) is 0.400. The molecule has 1 heterocycles. The Bertz CT molecular complexity index is 680. The Balaban J connectivity index is 1.49. The predicted molar refractivity (Wildman–Crippen MR) is 92.5 cm³/mol. The van der Waals surface area contributed by atoms with Gasteiger partial charge in [-0.1, -0.05) is 42.5 Å². The molecule has 0 spiro atoms. The summed E-state index contributed by atoms with van der Waals surface area (Å²) >= 11 is 0. The largest absolute Gasteiger partial charge is 0.573 e.